The van der Waals surface area contributed by atoms with Gasteiger partial charge in [-0.1, -0.05) is 60.7 Å². The lowest BCUT2D eigenvalue weighted by Gasteiger charge is -2.19. The highest BCUT2D eigenvalue weighted by molar-refractivity contribution is 6.04. The van der Waals surface area contributed by atoms with Crippen LogP contribution in [-0.2, 0) is 9.59 Å². The van der Waals surface area contributed by atoms with Crippen LogP contribution >= 0.6 is 0 Å². The summed E-state index contributed by atoms with van der Waals surface area (Å²) in [4.78, 5) is 35.4. The Morgan fingerprint density at radius 1 is 0.958 bits per heavy atom. The van der Waals surface area contributed by atoms with Gasteiger partial charge in [0, 0.05) is 6.54 Å². The average molecular weight is 323 g/mol. The summed E-state index contributed by atoms with van der Waals surface area (Å²) < 4.78 is 0. The van der Waals surface area contributed by atoms with Crippen LogP contribution in [0, 0.1) is 0 Å². The van der Waals surface area contributed by atoms with E-state index in [1.807, 2.05) is 60.7 Å². The summed E-state index contributed by atoms with van der Waals surface area (Å²) in [6.07, 6.45) is 0. The van der Waals surface area contributed by atoms with Crippen LogP contribution in [0.4, 0.5) is 4.79 Å². The highest BCUT2D eigenvalue weighted by Gasteiger charge is 2.31. The van der Waals surface area contributed by atoms with Gasteiger partial charge in [-0.2, -0.15) is 0 Å². The molecule has 4 amide bonds. The number of hydrogen-bond donors (Lipinski definition) is 3. The molecule has 2 aromatic rings. The number of hydrogen-bond acceptors (Lipinski definition) is 3. The number of carbonyl (C=O) groups is 3. The van der Waals surface area contributed by atoms with Gasteiger partial charge in [0.2, 0.25) is 5.91 Å². The first-order valence-electron chi connectivity index (χ1n) is 7.64. The van der Waals surface area contributed by atoms with E-state index in [-0.39, 0.29) is 12.5 Å². The third kappa shape index (κ3) is 3.43. The van der Waals surface area contributed by atoms with Gasteiger partial charge in [0.1, 0.15) is 6.04 Å². The lowest BCUT2D eigenvalue weighted by molar-refractivity contribution is -0.122. The molecule has 1 atom stereocenters. The number of rotatable bonds is 5. The molecular weight excluding hydrogens is 306 g/mol. The molecule has 1 fully saturated rings. The number of nitrogens with one attached hydrogen (secondary N) is 3. The van der Waals surface area contributed by atoms with E-state index in [9.17, 15) is 14.4 Å². The van der Waals surface area contributed by atoms with Crippen molar-refractivity contribution in [3.05, 3.63) is 71.8 Å². The average Bonchev–Trinajstić information content (AvgIpc) is 2.93. The van der Waals surface area contributed by atoms with Crippen molar-refractivity contribution in [3.63, 3.8) is 0 Å². The predicted molar refractivity (Wildman–Crippen MR) is 88.2 cm³/mol. The molecule has 1 heterocycles. The number of amides is 4. The van der Waals surface area contributed by atoms with Gasteiger partial charge in [0.05, 0.1) is 5.92 Å². The normalized spacial score (nSPS) is 16.6. The largest absolute Gasteiger partial charge is 0.353 e. The Morgan fingerprint density at radius 2 is 1.50 bits per heavy atom. The summed E-state index contributed by atoms with van der Waals surface area (Å²) in [6.45, 7) is 0.0482. The Balaban J connectivity index is 1.77. The summed E-state index contributed by atoms with van der Waals surface area (Å²) in [5.41, 5.74) is 1.72. The molecule has 1 aliphatic rings. The maximum absolute atomic E-state index is 12.7. The Hall–Kier alpha value is -3.15. The van der Waals surface area contributed by atoms with Crippen molar-refractivity contribution in [2.45, 2.75) is 12.0 Å². The van der Waals surface area contributed by atoms with Crippen molar-refractivity contribution >= 4 is 17.8 Å². The highest BCUT2D eigenvalue weighted by Crippen LogP contribution is 2.24. The third-order valence-corrected chi connectivity index (χ3v) is 3.87. The highest BCUT2D eigenvalue weighted by atomic mass is 16.2. The Bertz CT molecular complexity index is 707. The zero-order valence-electron chi connectivity index (χ0n) is 12.9. The van der Waals surface area contributed by atoms with E-state index in [0.717, 1.165) is 11.1 Å². The molecule has 6 nitrogen and oxygen atoms in total. The SMILES string of the molecule is O=C1NC(=O)C(CNC(=O)C(c2ccccc2)c2ccccc2)N1. The van der Waals surface area contributed by atoms with E-state index in [1.165, 1.54) is 0 Å². The van der Waals surface area contributed by atoms with Gasteiger partial charge in [0.15, 0.2) is 0 Å². The van der Waals surface area contributed by atoms with Crippen LogP contribution < -0.4 is 16.0 Å². The molecule has 0 bridgehead atoms. The minimum atomic E-state index is -0.742. The van der Waals surface area contributed by atoms with E-state index >= 15 is 0 Å². The number of urea groups is 1. The summed E-state index contributed by atoms with van der Waals surface area (Å²) in [7, 11) is 0. The minimum Gasteiger partial charge on any atom is -0.353 e. The Labute approximate surface area is 139 Å². The molecule has 3 rings (SSSR count). The van der Waals surface area contributed by atoms with E-state index in [0.29, 0.717) is 0 Å². The first kappa shape index (κ1) is 15.7. The molecule has 6 heteroatoms. The van der Waals surface area contributed by atoms with Gasteiger partial charge < -0.3 is 10.6 Å². The van der Waals surface area contributed by atoms with Crippen molar-refractivity contribution in [2.75, 3.05) is 6.54 Å². The fourth-order valence-electron chi connectivity index (χ4n) is 2.69. The molecule has 0 aliphatic carbocycles. The summed E-state index contributed by atoms with van der Waals surface area (Å²) in [5, 5.41) is 7.36. The fourth-order valence-corrected chi connectivity index (χ4v) is 2.69. The standard InChI is InChI=1S/C18H17N3O3/c22-16-14(20-18(24)21-16)11-19-17(23)15(12-7-3-1-4-8-12)13-9-5-2-6-10-13/h1-10,14-15H,11H2,(H,19,23)(H2,20,21,22,24). The van der Waals surface area contributed by atoms with Crippen molar-refractivity contribution < 1.29 is 14.4 Å². The maximum Gasteiger partial charge on any atom is 0.322 e. The van der Waals surface area contributed by atoms with Gasteiger partial charge in [-0.3, -0.25) is 14.9 Å². The van der Waals surface area contributed by atoms with E-state index in [4.69, 9.17) is 0 Å². The quantitative estimate of drug-likeness (QED) is 0.721. The zero-order valence-corrected chi connectivity index (χ0v) is 12.9. The molecule has 122 valence electrons. The first-order chi connectivity index (χ1) is 11.6. The molecule has 3 N–H and O–H groups in total. The van der Waals surface area contributed by atoms with Gasteiger partial charge in [-0.15, -0.1) is 0 Å². The molecule has 1 saturated heterocycles. The number of imide groups is 1. The van der Waals surface area contributed by atoms with Gasteiger partial charge in [0.25, 0.3) is 5.91 Å². The molecule has 0 radical (unpaired) electrons. The van der Waals surface area contributed by atoms with Gasteiger partial charge in [-0.25, -0.2) is 4.79 Å². The molecule has 0 spiro atoms. The van der Waals surface area contributed by atoms with Crippen molar-refractivity contribution in [1.29, 1.82) is 0 Å². The van der Waals surface area contributed by atoms with Crippen LogP contribution in [0.5, 0.6) is 0 Å². The van der Waals surface area contributed by atoms with Gasteiger partial charge >= 0.3 is 6.03 Å². The number of benzene rings is 2. The van der Waals surface area contributed by atoms with E-state index in [2.05, 4.69) is 16.0 Å². The lowest BCUT2D eigenvalue weighted by atomic mass is 9.90. The van der Waals surface area contributed by atoms with Crippen molar-refractivity contribution in [3.8, 4) is 0 Å². The van der Waals surface area contributed by atoms with E-state index in [1.54, 1.807) is 0 Å². The van der Waals surface area contributed by atoms with Gasteiger partial charge in [-0.05, 0) is 11.1 Å². The summed E-state index contributed by atoms with van der Waals surface area (Å²) in [5.74, 6) is -1.13. The van der Waals surface area contributed by atoms with Crippen LogP contribution in [0.1, 0.15) is 17.0 Å². The predicted octanol–water partition coefficient (Wildman–Crippen LogP) is 1.14. The zero-order chi connectivity index (χ0) is 16.9. The van der Waals surface area contributed by atoms with Crippen LogP contribution in [0.25, 0.3) is 0 Å². The molecule has 1 unspecified atom stereocenters. The maximum atomic E-state index is 12.7. The van der Waals surface area contributed by atoms with Crippen LogP contribution in [-0.4, -0.2) is 30.4 Å². The molecule has 0 saturated carbocycles. The molecule has 1 aliphatic heterocycles. The van der Waals surface area contributed by atoms with Crippen molar-refractivity contribution in [1.82, 2.24) is 16.0 Å². The topological polar surface area (TPSA) is 87.3 Å². The Kier molecular flexibility index (Phi) is 4.56. The molecule has 24 heavy (non-hydrogen) atoms. The summed E-state index contributed by atoms with van der Waals surface area (Å²) >= 11 is 0. The molecule has 2 aromatic carbocycles. The van der Waals surface area contributed by atoms with Crippen molar-refractivity contribution in [2.24, 2.45) is 0 Å². The monoisotopic (exact) mass is 323 g/mol. The second-order valence-electron chi connectivity index (χ2n) is 5.51. The molecule has 0 aromatic heterocycles. The lowest BCUT2D eigenvalue weighted by Crippen LogP contribution is -2.43. The number of carbonyl (C=O) groups excluding carboxylic acids is 3. The van der Waals surface area contributed by atoms with Crippen LogP contribution in [0.3, 0.4) is 0 Å². The second kappa shape index (κ2) is 6.95. The Morgan fingerprint density at radius 3 is 1.96 bits per heavy atom. The summed E-state index contributed by atoms with van der Waals surface area (Å²) in [6, 6.07) is 17.6. The van der Waals surface area contributed by atoms with Crippen LogP contribution in [0.2, 0.25) is 0 Å². The fraction of sp³-hybridized carbons (Fsp3) is 0.167. The third-order valence-electron chi connectivity index (χ3n) is 3.87. The second-order valence-corrected chi connectivity index (χ2v) is 5.51. The van der Waals surface area contributed by atoms with E-state index < -0.39 is 23.9 Å². The van der Waals surface area contributed by atoms with Crippen LogP contribution in [0.15, 0.2) is 60.7 Å². The smallest absolute Gasteiger partial charge is 0.322 e. The first-order valence-corrected chi connectivity index (χ1v) is 7.64. The molecular formula is C18H17N3O3. The minimum absolute atomic E-state index is 0.0482.